The Morgan fingerprint density at radius 3 is 2.56 bits per heavy atom. The zero-order valence-corrected chi connectivity index (χ0v) is 21.8. The molecule has 5 aromatic rings. The fourth-order valence-electron chi connectivity index (χ4n) is 5.12. The van der Waals surface area contributed by atoms with Gasteiger partial charge in [0.05, 0.1) is 24.6 Å². The summed E-state index contributed by atoms with van der Waals surface area (Å²) in [6.07, 6.45) is 5.33. The molecule has 1 saturated heterocycles. The third kappa shape index (κ3) is 5.09. The van der Waals surface area contributed by atoms with Crippen molar-refractivity contribution in [2.75, 3.05) is 32.6 Å². The topological polar surface area (TPSA) is 64.4 Å². The van der Waals surface area contributed by atoms with E-state index in [0.717, 1.165) is 47.9 Å². The van der Waals surface area contributed by atoms with Gasteiger partial charge in [-0.2, -0.15) is 0 Å². The van der Waals surface area contributed by atoms with E-state index in [4.69, 9.17) is 9.47 Å². The van der Waals surface area contributed by atoms with Gasteiger partial charge in [-0.05, 0) is 56.3 Å². The highest BCUT2D eigenvalue weighted by atomic mass is 19.1. The second-order valence-electron chi connectivity index (χ2n) is 9.90. The number of hydrogen-bond donors (Lipinski definition) is 1. The number of nitrogens with zero attached hydrogens (tertiary/aromatic N) is 4. The summed E-state index contributed by atoms with van der Waals surface area (Å²) in [5, 5.41) is 5.14. The van der Waals surface area contributed by atoms with Gasteiger partial charge in [-0.15, -0.1) is 0 Å². The van der Waals surface area contributed by atoms with Crippen molar-refractivity contribution in [3.05, 3.63) is 84.3 Å². The van der Waals surface area contributed by atoms with Gasteiger partial charge in [-0.1, -0.05) is 6.07 Å². The molecule has 1 fully saturated rings. The van der Waals surface area contributed by atoms with Gasteiger partial charge < -0.3 is 24.3 Å². The van der Waals surface area contributed by atoms with Crippen LogP contribution in [0.3, 0.4) is 0 Å². The van der Waals surface area contributed by atoms with Gasteiger partial charge >= 0.3 is 0 Å². The molecule has 200 valence electrons. The van der Waals surface area contributed by atoms with Crippen LogP contribution in [0.2, 0.25) is 0 Å². The molecule has 6 rings (SSSR count). The normalized spacial score (nSPS) is 14.7. The molecular weight excluding hydrogens is 500 g/mol. The number of rotatable bonds is 7. The highest BCUT2D eigenvalue weighted by molar-refractivity contribution is 5.97. The number of likely N-dealkylation sites (tertiary alicyclic amines) is 1. The molecule has 0 saturated carbocycles. The van der Waals surface area contributed by atoms with E-state index in [1.54, 1.807) is 7.11 Å². The number of aromatic nitrogens is 3. The lowest BCUT2D eigenvalue weighted by atomic mass is 10.1. The molecular formula is C30H29F2N5O2. The van der Waals surface area contributed by atoms with Crippen LogP contribution in [-0.4, -0.2) is 52.8 Å². The van der Waals surface area contributed by atoms with E-state index in [-0.39, 0.29) is 18.2 Å². The average Bonchev–Trinajstić information content (AvgIpc) is 3.34. The van der Waals surface area contributed by atoms with Gasteiger partial charge in [0.1, 0.15) is 41.4 Å². The Morgan fingerprint density at radius 2 is 1.79 bits per heavy atom. The molecule has 0 atom stereocenters. The molecule has 2 aromatic heterocycles. The molecule has 0 unspecified atom stereocenters. The summed E-state index contributed by atoms with van der Waals surface area (Å²) in [5.41, 5.74) is 2.44. The predicted molar refractivity (Wildman–Crippen MR) is 148 cm³/mol. The second kappa shape index (κ2) is 10.5. The molecule has 0 amide bonds. The van der Waals surface area contributed by atoms with Crippen molar-refractivity contribution in [2.45, 2.75) is 25.5 Å². The Balaban J connectivity index is 1.32. The molecule has 9 heteroatoms. The van der Waals surface area contributed by atoms with E-state index >= 15 is 0 Å². The highest BCUT2D eigenvalue weighted by Gasteiger charge is 2.21. The summed E-state index contributed by atoms with van der Waals surface area (Å²) in [6.45, 7) is 2.07. The third-order valence-electron chi connectivity index (χ3n) is 7.29. The summed E-state index contributed by atoms with van der Waals surface area (Å²) >= 11 is 0. The second-order valence-corrected chi connectivity index (χ2v) is 9.90. The zero-order chi connectivity index (χ0) is 26.9. The number of halogens is 2. The van der Waals surface area contributed by atoms with E-state index in [0.29, 0.717) is 22.8 Å². The standard InChI is InChI=1S/C30H29F2N5O2/c1-36-11-9-21(10-12-36)39-28-16-22(38-2)15-26-29(28)30(34-18-33-26)35-20-6-7-27-19(14-20)8-13-37(27)17-23-24(31)4-3-5-25(23)32/h3-8,13-16,18,21H,9-12,17H2,1-2H3,(H,33,34,35). The lowest BCUT2D eigenvalue weighted by Gasteiger charge is -2.29. The molecule has 0 radical (unpaired) electrons. The quantitative estimate of drug-likeness (QED) is 0.273. The van der Waals surface area contributed by atoms with E-state index in [2.05, 4.69) is 27.2 Å². The van der Waals surface area contributed by atoms with Crippen LogP contribution < -0.4 is 14.8 Å². The van der Waals surface area contributed by atoms with Crippen LogP contribution >= 0.6 is 0 Å². The van der Waals surface area contributed by atoms with Crippen LogP contribution in [0.15, 0.2) is 67.1 Å². The summed E-state index contributed by atoms with van der Waals surface area (Å²) < 4.78 is 42.3. The SMILES string of the molecule is COc1cc(OC2CCN(C)CC2)c2c(Nc3ccc4c(ccn4Cc4c(F)cccc4F)c3)ncnc2c1. The van der Waals surface area contributed by atoms with Crippen molar-refractivity contribution in [2.24, 2.45) is 0 Å². The summed E-state index contributed by atoms with van der Waals surface area (Å²) in [5.74, 6) is 0.865. The fourth-order valence-corrected chi connectivity index (χ4v) is 5.12. The minimum atomic E-state index is -0.555. The van der Waals surface area contributed by atoms with E-state index < -0.39 is 11.6 Å². The van der Waals surface area contributed by atoms with Crippen molar-refractivity contribution in [1.29, 1.82) is 0 Å². The largest absolute Gasteiger partial charge is 0.497 e. The number of piperidine rings is 1. The van der Waals surface area contributed by atoms with Crippen molar-refractivity contribution < 1.29 is 18.3 Å². The summed E-state index contributed by atoms with van der Waals surface area (Å²) in [4.78, 5) is 11.3. The van der Waals surface area contributed by atoms with Crippen LogP contribution in [-0.2, 0) is 6.54 Å². The molecule has 1 aliphatic rings. The van der Waals surface area contributed by atoms with Gasteiger partial charge in [0.25, 0.3) is 0 Å². The first-order valence-electron chi connectivity index (χ1n) is 13.0. The Hall–Kier alpha value is -4.24. The number of anilines is 2. The average molecular weight is 530 g/mol. The van der Waals surface area contributed by atoms with Crippen LogP contribution in [0.25, 0.3) is 21.8 Å². The number of methoxy groups -OCH3 is 1. The van der Waals surface area contributed by atoms with Crippen LogP contribution in [0, 0.1) is 11.6 Å². The van der Waals surface area contributed by atoms with E-state index in [9.17, 15) is 8.78 Å². The Labute approximate surface area is 225 Å². The molecule has 3 aromatic carbocycles. The fraction of sp³-hybridized carbons (Fsp3) is 0.267. The highest BCUT2D eigenvalue weighted by Crippen LogP contribution is 2.37. The maximum atomic E-state index is 14.2. The third-order valence-corrected chi connectivity index (χ3v) is 7.29. The van der Waals surface area contributed by atoms with Crippen LogP contribution in [0.5, 0.6) is 11.5 Å². The lowest BCUT2D eigenvalue weighted by molar-refractivity contribution is 0.115. The van der Waals surface area contributed by atoms with Gasteiger partial charge in [-0.3, -0.25) is 0 Å². The van der Waals surface area contributed by atoms with Crippen molar-refractivity contribution in [1.82, 2.24) is 19.4 Å². The van der Waals surface area contributed by atoms with Gasteiger partial charge in [0.2, 0.25) is 0 Å². The van der Waals surface area contributed by atoms with Crippen molar-refractivity contribution in [3.63, 3.8) is 0 Å². The Bertz CT molecular complexity index is 1630. The monoisotopic (exact) mass is 529 g/mol. The van der Waals surface area contributed by atoms with Crippen LogP contribution in [0.1, 0.15) is 18.4 Å². The number of ether oxygens (including phenoxy) is 2. The maximum Gasteiger partial charge on any atom is 0.145 e. The van der Waals surface area contributed by atoms with E-state index in [1.165, 1.54) is 24.5 Å². The zero-order valence-electron chi connectivity index (χ0n) is 21.8. The van der Waals surface area contributed by atoms with Gasteiger partial charge in [-0.25, -0.2) is 18.7 Å². The first-order valence-corrected chi connectivity index (χ1v) is 13.0. The first kappa shape index (κ1) is 25.1. The number of benzene rings is 3. The summed E-state index contributed by atoms with van der Waals surface area (Å²) in [6, 6.07) is 15.4. The molecule has 0 bridgehead atoms. The van der Waals surface area contributed by atoms with E-state index in [1.807, 2.05) is 47.2 Å². The number of nitrogens with one attached hydrogen (secondary N) is 1. The van der Waals surface area contributed by atoms with Crippen LogP contribution in [0.4, 0.5) is 20.3 Å². The summed E-state index contributed by atoms with van der Waals surface area (Å²) in [7, 11) is 3.75. The maximum absolute atomic E-state index is 14.2. The molecule has 1 N–H and O–H groups in total. The Morgan fingerprint density at radius 1 is 1.00 bits per heavy atom. The molecule has 39 heavy (non-hydrogen) atoms. The predicted octanol–water partition coefficient (Wildman–Crippen LogP) is 6.14. The lowest BCUT2D eigenvalue weighted by Crippen LogP contribution is -2.35. The van der Waals surface area contributed by atoms with Gasteiger partial charge in [0.15, 0.2) is 0 Å². The molecule has 0 aliphatic carbocycles. The van der Waals surface area contributed by atoms with Crippen molar-refractivity contribution >= 4 is 33.3 Å². The minimum absolute atomic E-state index is 0.0391. The Kier molecular flexibility index (Phi) is 6.74. The van der Waals surface area contributed by atoms with Crippen molar-refractivity contribution in [3.8, 4) is 11.5 Å². The van der Waals surface area contributed by atoms with Gasteiger partial charge in [0, 0.05) is 53.6 Å². The first-order chi connectivity index (χ1) is 19.0. The number of fused-ring (bicyclic) bond motifs is 2. The number of hydrogen-bond acceptors (Lipinski definition) is 6. The molecule has 3 heterocycles. The smallest absolute Gasteiger partial charge is 0.145 e. The molecule has 7 nitrogen and oxygen atoms in total. The molecule has 0 spiro atoms. The molecule has 1 aliphatic heterocycles. The minimum Gasteiger partial charge on any atom is -0.497 e.